The van der Waals surface area contributed by atoms with Crippen molar-refractivity contribution in [3.05, 3.63) is 105 Å². The van der Waals surface area contributed by atoms with Crippen LogP contribution in [-0.4, -0.2) is 32.3 Å². The molecule has 4 rings (SSSR count). The largest absolute Gasteiger partial charge is 0.383 e. The van der Waals surface area contributed by atoms with Crippen LogP contribution < -0.4 is 10.6 Å². The lowest BCUT2D eigenvalue weighted by molar-refractivity contribution is -0.387. The number of amidine groups is 1. The number of rotatable bonds is 6. The third kappa shape index (κ3) is 5.74. The van der Waals surface area contributed by atoms with Gasteiger partial charge in [0.2, 0.25) is 5.82 Å². The number of hydrogen-bond donors (Lipinski definition) is 1. The summed E-state index contributed by atoms with van der Waals surface area (Å²) in [5.74, 6) is -1.71. The van der Waals surface area contributed by atoms with E-state index in [1.807, 2.05) is 12.1 Å². The monoisotopic (exact) mass is 512 g/mol. The SMILES string of the molecule is N/C(=N/S(=O)(=O)c1ccc(F)c([N+](=O)[O-])c1)c1ccc(N2CCC(=Cc3ccc(F)cc3)CC2)cc1. The number of nitro groups is 1. The van der Waals surface area contributed by atoms with Crippen LogP contribution in [0.25, 0.3) is 6.08 Å². The Morgan fingerprint density at radius 1 is 1.00 bits per heavy atom. The smallest absolute Gasteiger partial charge is 0.306 e. The molecule has 1 fully saturated rings. The Labute approximate surface area is 206 Å². The van der Waals surface area contributed by atoms with Crippen molar-refractivity contribution in [2.24, 2.45) is 10.1 Å². The van der Waals surface area contributed by atoms with E-state index in [0.717, 1.165) is 43.2 Å². The first-order valence-electron chi connectivity index (χ1n) is 11.0. The molecule has 0 bridgehead atoms. The van der Waals surface area contributed by atoms with E-state index < -0.39 is 31.3 Å². The van der Waals surface area contributed by atoms with E-state index >= 15 is 0 Å². The molecule has 0 aromatic heterocycles. The average Bonchev–Trinajstić information content (AvgIpc) is 2.86. The number of sulfonamides is 1. The highest BCUT2D eigenvalue weighted by Crippen LogP contribution is 2.26. The molecule has 3 aromatic carbocycles. The van der Waals surface area contributed by atoms with E-state index in [0.29, 0.717) is 17.7 Å². The average molecular weight is 513 g/mol. The molecule has 0 saturated carbocycles. The third-order valence-electron chi connectivity index (χ3n) is 5.81. The Morgan fingerprint density at radius 2 is 1.64 bits per heavy atom. The summed E-state index contributed by atoms with van der Waals surface area (Å²) >= 11 is 0. The van der Waals surface area contributed by atoms with Crippen LogP contribution in [0.4, 0.5) is 20.2 Å². The molecule has 186 valence electrons. The molecule has 0 spiro atoms. The second-order valence-electron chi connectivity index (χ2n) is 8.21. The van der Waals surface area contributed by atoms with Crippen molar-refractivity contribution in [3.63, 3.8) is 0 Å². The first kappa shape index (κ1) is 25.0. The fourth-order valence-electron chi connectivity index (χ4n) is 3.86. The van der Waals surface area contributed by atoms with Crippen LogP contribution in [-0.2, 0) is 10.0 Å². The summed E-state index contributed by atoms with van der Waals surface area (Å²) in [5, 5.41) is 10.9. The molecule has 8 nitrogen and oxygen atoms in total. The summed E-state index contributed by atoms with van der Waals surface area (Å²) in [6.07, 6.45) is 3.78. The Balaban J connectivity index is 1.44. The minimum atomic E-state index is -4.39. The van der Waals surface area contributed by atoms with Crippen LogP contribution in [0.2, 0.25) is 0 Å². The predicted octanol–water partition coefficient (Wildman–Crippen LogP) is 4.65. The van der Waals surface area contributed by atoms with E-state index in [2.05, 4.69) is 15.4 Å². The number of nitrogens with zero attached hydrogens (tertiary/aromatic N) is 3. The maximum atomic E-state index is 13.5. The van der Waals surface area contributed by atoms with Gasteiger partial charge in [0.1, 0.15) is 11.7 Å². The molecule has 1 saturated heterocycles. The van der Waals surface area contributed by atoms with Crippen LogP contribution in [0.3, 0.4) is 0 Å². The molecule has 0 aliphatic carbocycles. The Bertz CT molecular complexity index is 1440. The van der Waals surface area contributed by atoms with E-state index in [4.69, 9.17) is 5.73 Å². The van der Waals surface area contributed by atoms with Gasteiger partial charge in [-0.15, -0.1) is 4.40 Å². The van der Waals surface area contributed by atoms with Crippen molar-refractivity contribution in [1.82, 2.24) is 0 Å². The summed E-state index contributed by atoms with van der Waals surface area (Å²) in [6.45, 7) is 1.57. The molecule has 36 heavy (non-hydrogen) atoms. The quantitative estimate of drug-likeness (QED) is 0.222. The molecule has 3 aromatic rings. The number of anilines is 1. The number of piperidine rings is 1. The number of benzene rings is 3. The van der Waals surface area contributed by atoms with Gasteiger partial charge in [-0.1, -0.05) is 23.8 Å². The van der Waals surface area contributed by atoms with Crippen molar-refractivity contribution in [2.75, 3.05) is 18.0 Å². The van der Waals surface area contributed by atoms with Crippen LogP contribution in [0.15, 0.2) is 81.6 Å². The van der Waals surface area contributed by atoms with Gasteiger partial charge in [-0.3, -0.25) is 10.1 Å². The lowest BCUT2D eigenvalue weighted by Gasteiger charge is -2.30. The molecule has 2 N–H and O–H groups in total. The summed E-state index contributed by atoms with van der Waals surface area (Å²) < 4.78 is 55.3. The molecular formula is C25H22F2N4O4S. The molecule has 11 heteroatoms. The lowest BCUT2D eigenvalue weighted by atomic mass is 10.00. The van der Waals surface area contributed by atoms with E-state index in [-0.39, 0.29) is 11.7 Å². The molecule has 1 heterocycles. The minimum Gasteiger partial charge on any atom is -0.383 e. The summed E-state index contributed by atoms with van der Waals surface area (Å²) in [7, 11) is -4.39. The zero-order valence-corrected chi connectivity index (χ0v) is 19.8. The third-order valence-corrected chi connectivity index (χ3v) is 7.09. The van der Waals surface area contributed by atoms with Gasteiger partial charge in [0, 0.05) is 30.4 Å². The van der Waals surface area contributed by atoms with Gasteiger partial charge in [0.15, 0.2) is 0 Å². The number of nitro benzene ring substituents is 1. The maximum Gasteiger partial charge on any atom is 0.306 e. The van der Waals surface area contributed by atoms with Crippen LogP contribution in [0.5, 0.6) is 0 Å². The van der Waals surface area contributed by atoms with Gasteiger partial charge in [0.25, 0.3) is 10.0 Å². The highest BCUT2D eigenvalue weighted by Gasteiger charge is 2.22. The molecular weight excluding hydrogens is 490 g/mol. The zero-order valence-electron chi connectivity index (χ0n) is 19.0. The van der Waals surface area contributed by atoms with Crippen LogP contribution in [0.1, 0.15) is 24.0 Å². The molecule has 0 unspecified atom stereocenters. The van der Waals surface area contributed by atoms with Crippen LogP contribution in [0, 0.1) is 21.7 Å². The Morgan fingerprint density at radius 3 is 2.25 bits per heavy atom. The van der Waals surface area contributed by atoms with E-state index in [1.165, 1.54) is 17.7 Å². The second-order valence-corrected chi connectivity index (χ2v) is 9.81. The first-order chi connectivity index (χ1) is 17.1. The summed E-state index contributed by atoms with van der Waals surface area (Å²) in [4.78, 5) is 11.6. The topological polar surface area (TPSA) is 119 Å². The van der Waals surface area contributed by atoms with Gasteiger partial charge in [-0.05, 0) is 66.9 Å². The fourth-order valence-corrected chi connectivity index (χ4v) is 4.83. The summed E-state index contributed by atoms with van der Waals surface area (Å²) in [5.41, 5.74) is 8.45. The number of nitrogens with two attached hydrogens (primary N) is 1. The first-order valence-corrected chi connectivity index (χ1v) is 12.4. The molecule has 1 aliphatic heterocycles. The highest BCUT2D eigenvalue weighted by atomic mass is 32.2. The van der Waals surface area contributed by atoms with Crippen molar-refractivity contribution >= 4 is 33.3 Å². The molecule has 0 amide bonds. The van der Waals surface area contributed by atoms with Gasteiger partial charge >= 0.3 is 5.69 Å². The van der Waals surface area contributed by atoms with Gasteiger partial charge < -0.3 is 10.6 Å². The Hall–Kier alpha value is -4.12. The van der Waals surface area contributed by atoms with Gasteiger partial charge in [-0.2, -0.15) is 12.8 Å². The van der Waals surface area contributed by atoms with Gasteiger partial charge in [-0.25, -0.2) is 4.39 Å². The molecule has 1 aliphatic rings. The minimum absolute atomic E-state index is 0.266. The lowest BCUT2D eigenvalue weighted by Crippen LogP contribution is -2.30. The zero-order chi connectivity index (χ0) is 25.9. The summed E-state index contributed by atoms with van der Waals surface area (Å²) in [6, 6.07) is 15.5. The number of hydrogen-bond acceptors (Lipinski definition) is 5. The van der Waals surface area contributed by atoms with E-state index in [9.17, 15) is 27.3 Å². The molecule has 0 radical (unpaired) electrons. The normalized spacial score (nSPS) is 14.6. The van der Waals surface area contributed by atoms with Gasteiger partial charge in [0.05, 0.1) is 9.82 Å². The van der Waals surface area contributed by atoms with Crippen molar-refractivity contribution in [3.8, 4) is 0 Å². The van der Waals surface area contributed by atoms with Crippen LogP contribution >= 0.6 is 0 Å². The van der Waals surface area contributed by atoms with Crippen molar-refractivity contribution in [1.29, 1.82) is 0 Å². The standard InChI is InChI=1S/C25H22F2N4O4S/c26-20-5-1-17(2-6-20)15-18-11-13-30(14-12-18)21-7-3-19(4-8-21)25(28)29-36(34,35)22-9-10-23(27)24(16-22)31(32)33/h1-10,15-16H,11-14H2,(H2,28,29). The van der Waals surface area contributed by atoms with E-state index in [1.54, 1.807) is 24.3 Å². The highest BCUT2D eigenvalue weighted by molar-refractivity contribution is 7.90. The molecule has 0 atom stereocenters. The van der Waals surface area contributed by atoms with Crippen molar-refractivity contribution in [2.45, 2.75) is 17.7 Å². The van der Waals surface area contributed by atoms with Crippen molar-refractivity contribution < 1.29 is 22.1 Å². The fraction of sp³-hybridized carbons (Fsp3) is 0.160. The number of halogens is 2. The predicted molar refractivity (Wildman–Crippen MR) is 133 cm³/mol. The second kappa shape index (κ2) is 10.2. The Kier molecular flexibility index (Phi) is 7.11. The maximum absolute atomic E-state index is 13.5.